The van der Waals surface area contributed by atoms with Crippen molar-refractivity contribution in [3.63, 3.8) is 0 Å². The lowest BCUT2D eigenvalue weighted by molar-refractivity contribution is 0.0943. The first-order valence-corrected chi connectivity index (χ1v) is 8.94. The van der Waals surface area contributed by atoms with Gasteiger partial charge in [0.1, 0.15) is 11.3 Å². The maximum absolute atomic E-state index is 12.5. The highest BCUT2D eigenvalue weighted by Gasteiger charge is 2.21. The van der Waals surface area contributed by atoms with E-state index >= 15 is 0 Å². The van der Waals surface area contributed by atoms with E-state index in [1.807, 2.05) is 18.2 Å². The number of H-pyrrole nitrogens is 1. The van der Waals surface area contributed by atoms with E-state index in [2.05, 4.69) is 16.4 Å². The van der Waals surface area contributed by atoms with Crippen LogP contribution in [0.2, 0.25) is 0 Å². The molecule has 0 unspecified atom stereocenters. The van der Waals surface area contributed by atoms with Crippen LogP contribution in [-0.4, -0.2) is 24.0 Å². The molecule has 2 N–H and O–H groups in total. The second-order valence-corrected chi connectivity index (χ2v) is 6.89. The predicted octanol–water partition coefficient (Wildman–Crippen LogP) is 2.23. The SMILES string of the molecule is O=C(NC[C@@H]1CCOc2ccccc2C1)c1cc2c([nH]c1=O)CCC2. The molecule has 25 heavy (non-hydrogen) atoms. The summed E-state index contributed by atoms with van der Waals surface area (Å²) in [7, 11) is 0. The molecular formula is C20H22N2O3. The summed E-state index contributed by atoms with van der Waals surface area (Å²) >= 11 is 0. The van der Waals surface area contributed by atoms with Crippen molar-refractivity contribution in [1.82, 2.24) is 10.3 Å². The second-order valence-electron chi connectivity index (χ2n) is 6.89. The minimum atomic E-state index is -0.285. The molecule has 1 aromatic heterocycles. The molecule has 0 saturated heterocycles. The summed E-state index contributed by atoms with van der Waals surface area (Å²) < 4.78 is 5.77. The molecule has 5 nitrogen and oxygen atoms in total. The van der Waals surface area contributed by atoms with Crippen LogP contribution in [0.4, 0.5) is 0 Å². The van der Waals surface area contributed by atoms with E-state index in [-0.39, 0.29) is 17.0 Å². The molecule has 0 radical (unpaired) electrons. The number of amides is 1. The van der Waals surface area contributed by atoms with Gasteiger partial charge in [-0.3, -0.25) is 9.59 Å². The summed E-state index contributed by atoms with van der Waals surface area (Å²) in [5.74, 6) is 0.960. The summed E-state index contributed by atoms with van der Waals surface area (Å²) in [5.41, 5.74) is 3.20. The van der Waals surface area contributed by atoms with Crippen LogP contribution in [0.25, 0.3) is 0 Å². The van der Waals surface area contributed by atoms with Crippen molar-refractivity contribution in [3.8, 4) is 5.75 Å². The molecule has 5 heteroatoms. The third kappa shape index (κ3) is 3.31. The topological polar surface area (TPSA) is 71.2 Å². The van der Waals surface area contributed by atoms with Crippen molar-refractivity contribution in [3.05, 3.63) is 63.1 Å². The molecule has 0 bridgehead atoms. The Morgan fingerprint density at radius 2 is 2.12 bits per heavy atom. The fourth-order valence-corrected chi connectivity index (χ4v) is 3.75. The van der Waals surface area contributed by atoms with Crippen LogP contribution >= 0.6 is 0 Å². The number of aryl methyl sites for hydroxylation is 2. The van der Waals surface area contributed by atoms with Gasteiger partial charge in [-0.2, -0.15) is 0 Å². The molecule has 1 atom stereocenters. The van der Waals surface area contributed by atoms with Crippen LogP contribution in [0.15, 0.2) is 35.1 Å². The Morgan fingerprint density at radius 3 is 3.04 bits per heavy atom. The second kappa shape index (κ2) is 6.75. The van der Waals surface area contributed by atoms with E-state index in [9.17, 15) is 9.59 Å². The zero-order valence-electron chi connectivity index (χ0n) is 14.1. The summed E-state index contributed by atoms with van der Waals surface area (Å²) in [6.45, 7) is 1.20. The monoisotopic (exact) mass is 338 g/mol. The van der Waals surface area contributed by atoms with Gasteiger partial charge < -0.3 is 15.0 Å². The van der Waals surface area contributed by atoms with Gasteiger partial charge in [-0.05, 0) is 61.3 Å². The number of carbonyl (C=O) groups excluding carboxylic acids is 1. The van der Waals surface area contributed by atoms with Gasteiger partial charge in [0, 0.05) is 12.2 Å². The molecule has 1 aliphatic heterocycles. The Morgan fingerprint density at radius 1 is 1.24 bits per heavy atom. The van der Waals surface area contributed by atoms with Gasteiger partial charge in [-0.25, -0.2) is 0 Å². The molecular weight excluding hydrogens is 316 g/mol. The number of nitrogens with one attached hydrogen (secondary N) is 2. The zero-order valence-corrected chi connectivity index (χ0v) is 14.1. The Balaban J connectivity index is 1.43. The number of hydrogen-bond acceptors (Lipinski definition) is 3. The summed E-state index contributed by atoms with van der Waals surface area (Å²) in [6, 6.07) is 9.80. The summed E-state index contributed by atoms with van der Waals surface area (Å²) in [6.07, 6.45) is 4.63. The van der Waals surface area contributed by atoms with Gasteiger partial charge in [0.15, 0.2) is 0 Å². The van der Waals surface area contributed by atoms with Crippen molar-refractivity contribution in [2.45, 2.75) is 32.1 Å². The average molecular weight is 338 g/mol. The average Bonchev–Trinajstić information content (AvgIpc) is 2.96. The number of ether oxygens (including phenoxy) is 1. The minimum absolute atomic E-state index is 0.228. The number of pyridine rings is 1. The van der Waals surface area contributed by atoms with Gasteiger partial charge in [0.2, 0.25) is 0 Å². The largest absolute Gasteiger partial charge is 0.493 e. The third-order valence-electron chi connectivity index (χ3n) is 5.15. The molecule has 2 aliphatic rings. The number of para-hydroxylation sites is 1. The lowest BCUT2D eigenvalue weighted by Gasteiger charge is -2.14. The quantitative estimate of drug-likeness (QED) is 0.901. The fourth-order valence-electron chi connectivity index (χ4n) is 3.75. The first-order valence-electron chi connectivity index (χ1n) is 8.94. The number of hydrogen-bond donors (Lipinski definition) is 2. The van der Waals surface area contributed by atoms with E-state index in [4.69, 9.17) is 4.74 Å². The van der Waals surface area contributed by atoms with E-state index in [0.717, 1.165) is 49.1 Å². The van der Waals surface area contributed by atoms with Gasteiger partial charge in [-0.1, -0.05) is 18.2 Å². The molecule has 130 valence electrons. The molecule has 0 saturated carbocycles. The highest BCUT2D eigenvalue weighted by atomic mass is 16.5. The highest BCUT2D eigenvalue weighted by molar-refractivity contribution is 5.94. The van der Waals surface area contributed by atoms with Crippen molar-refractivity contribution in [1.29, 1.82) is 0 Å². The van der Waals surface area contributed by atoms with Crippen molar-refractivity contribution in [2.24, 2.45) is 5.92 Å². The molecule has 2 aromatic rings. The Kier molecular flexibility index (Phi) is 4.30. The van der Waals surface area contributed by atoms with Crippen molar-refractivity contribution >= 4 is 5.91 Å². The fraction of sp³-hybridized carbons (Fsp3) is 0.400. The van der Waals surface area contributed by atoms with E-state index < -0.39 is 0 Å². The van der Waals surface area contributed by atoms with Crippen LogP contribution in [0.1, 0.15) is 40.0 Å². The lowest BCUT2D eigenvalue weighted by atomic mass is 9.97. The summed E-state index contributed by atoms with van der Waals surface area (Å²) in [5, 5.41) is 2.94. The van der Waals surface area contributed by atoms with Gasteiger partial charge in [0.25, 0.3) is 11.5 Å². The number of carbonyl (C=O) groups is 1. The maximum atomic E-state index is 12.5. The minimum Gasteiger partial charge on any atom is -0.493 e. The molecule has 4 rings (SSSR count). The molecule has 1 amide bonds. The van der Waals surface area contributed by atoms with Crippen LogP contribution in [-0.2, 0) is 19.3 Å². The van der Waals surface area contributed by atoms with Crippen LogP contribution in [0.5, 0.6) is 5.75 Å². The normalized spacial score (nSPS) is 18.6. The zero-order chi connectivity index (χ0) is 17.2. The van der Waals surface area contributed by atoms with Crippen LogP contribution in [0, 0.1) is 5.92 Å². The number of benzene rings is 1. The van der Waals surface area contributed by atoms with Gasteiger partial charge in [0.05, 0.1) is 6.61 Å². The van der Waals surface area contributed by atoms with E-state index in [1.165, 1.54) is 5.56 Å². The van der Waals surface area contributed by atoms with Crippen LogP contribution < -0.4 is 15.6 Å². The van der Waals surface area contributed by atoms with Crippen LogP contribution in [0.3, 0.4) is 0 Å². The summed E-state index contributed by atoms with van der Waals surface area (Å²) in [4.78, 5) is 27.5. The molecule has 1 aromatic carbocycles. The smallest absolute Gasteiger partial charge is 0.261 e. The number of fused-ring (bicyclic) bond motifs is 2. The Hall–Kier alpha value is -2.56. The molecule has 1 aliphatic carbocycles. The Bertz CT molecular complexity index is 856. The standard InChI is InChI=1S/C20H22N2O3/c23-19(16-11-14-5-3-6-17(14)22-20(16)24)21-12-13-8-9-25-18-7-2-1-4-15(18)10-13/h1-2,4,7,11,13H,3,5-6,8-10,12H2,(H,21,23)(H,22,24)/t13-/m1/s1. The first-order chi connectivity index (χ1) is 12.2. The number of aromatic amines is 1. The first kappa shape index (κ1) is 15.9. The maximum Gasteiger partial charge on any atom is 0.261 e. The van der Waals surface area contributed by atoms with Gasteiger partial charge in [-0.15, -0.1) is 0 Å². The predicted molar refractivity (Wildman–Crippen MR) is 95.2 cm³/mol. The lowest BCUT2D eigenvalue weighted by Crippen LogP contribution is -2.34. The number of rotatable bonds is 3. The molecule has 0 fully saturated rings. The highest BCUT2D eigenvalue weighted by Crippen LogP contribution is 2.26. The number of aromatic nitrogens is 1. The van der Waals surface area contributed by atoms with Crippen molar-refractivity contribution in [2.75, 3.05) is 13.2 Å². The molecule has 0 spiro atoms. The van der Waals surface area contributed by atoms with Crippen molar-refractivity contribution < 1.29 is 9.53 Å². The Labute approximate surface area is 146 Å². The van der Waals surface area contributed by atoms with E-state index in [1.54, 1.807) is 6.07 Å². The van der Waals surface area contributed by atoms with Gasteiger partial charge >= 0.3 is 0 Å². The third-order valence-corrected chi connectivity index (χ3v) is 5.15. The molecule has 2 heterocycles. The van der Waals surface area contributed by atoms with E-state index in [0.29, 0.717) is 19.1 Å².